The summed E-state index contributed by atoms with van der Waals surface area (Å²) >= 11 is 0. The third-order valence-electron chi connectivity index (χ3n) is 9.54. The van der Waals surface area contributed by atoms with Gasteiger partial charge in [-0.1, -0.05) is 78.9 Å². The molecular weight excluding hydrogens is 603 g/mol. The lowest BCUT2D eigenvalue weighted by Crippen LogP contribution is -2.00. The predicted molar refractivity (Wildman–Crippen MR) is 199 cm³/mol. The number of para-hydroxylation sites is 4. The second-order valence-electron chi connectivity index (χ2n) is 12.4. The molecule has 0 amide bonds. The van der Waals surface area contributed by atoms with Crippen molar-refractivity contribution >= 4 is 54.6 Å². The van der Waals surface area contributed by atoms with E-state index in [1.54, 1.807) is 0 Å². The van der Waals surface area contributed by atoms with Crippen LogP contribution in [0.2, 0.25) is 0 Å². The molecule has 0 unspecified atom stereocenters. The summed E-state index contributed by atoms with van der Waals surface area (Å²) in [6.45, 7) is 0. The quantitative estimate of drug-likeness (QED) is 0.190. The highest BCUT2D eigenvalue weighted by Gasteiger charge is 2.22. The van der Waals surface area contributed by atoms with Crippen LogP contribution >= 0.6 is 0 Å². The highest BCUT2D eigenvalue weighted by Crippen LogP contribution is 2.42. The lowest BCUT2D eigenvalue weighted by molar-refractivity contribution is 0.483. The van der Waals surface area contributed by atoms with Crippen molar-refractivity contribution in [1.82, 2.24) is 23.7 Å². The minimum Gasteiger partial charge on any atom is -0.457 e. The van der Waals surface area contributed by atoms with Crippen LogP contribution in [0, 0.1) is 0 Å². The molecule has 0 spiro atoms. The van der Waals surface area contributed by atoms with Crippen molar-refractivity contribution in [2.24, 2.45) is 7.05 Å². The number of hydrogen-bond acceptors (Lipinski definition) is 3. The Morgan fingerprint density at radius 2 is 1.20 bits per heavy atom. The lowest BCUT2D eigenvalue weighted by atomic mass is 10.1. The van der Waals surface area contributed by atoms with E-state index in [0.717, 1.165) is 72.7 Å². The van der Waals surface area contributed by atoms with Crippen molar-refractivity contribution in [3.63, 3.8) is 0 Å². The molecule has 49 heavy (non-hydrogen) atoms. The number of rotatable bonds is 5. The second-order valence-corrected chi connectivity index (χ2v) is 12.4. The van der Waals surface area contributed by atoms with Crippen LogP contribution in [-0.4, -0.2) is 23.7 Å². The van der Waals surface area contributed by atoms with Crippen molar-refractivity contribution in [3.8, 4) is 34.4 Å². The fourth-order valence-electron chi connectivity index (χ4n) is 7.40. The zero-order valence-corrected chi connectivity index (χ0v) is 26.7. The van der Waals surface area contributed by atoms with Crippen LogP contribution in [0.3, 0.4) is 0 Å². The van der Waals surface area contributed by atoms with Crippen molar-refractivity contribution in [3.05, 3.63) is 158 Å². The third kappa shape index (κ3) is 4.21. The maximum Gasteiger partial charge on any atom is 0.140 e. The zero-order valence-electron chi connectivity index (χ0n) is 26.7. The van der Waals surface area contributed by atoms with Crippen LogP contribution in [0.1, 0.15) is 0 Å². The average Bonchev–Trinajstić information content (AvgIpc) is 3.79. The molecule has 0 N–H and O–H groups in total. The van der Waals surface area contributed by atoms with Crippen molar-refractivity contribution in [2.75, 3.05) is 0 Å². The van der Waals surface area contributed by atoms with Gasteiger partial charge in [-0.05, 0) is 66.7 Å². The molecule has 10 rings (SSSR count). The number of ether oxygens (including phenoxy) is 1. The molecule has 4 heterocycles. The number of imidazole rings is 1. The summed E-state index contributed by atoms with van der Waals surface area (Å²) in [5, 5.41) is 4.70. The van der Waals surface area contributed by atoms with Crippen molar-refractivity contribution in [1.29, 1.82) is 0 Å². The first-order valence-electron chi connectivity index (χ1n) is 16.4. The van der Waals surface area contributed by atoms with E-state index in [2.05, 4.69) is 130 Å². The highest BCUT2D eigenvalue weighted by atomic mass is 16.5. The maximum absolute atomic E-state index is 6.60. The predicted octanol–water partition coefficient (Wildman–Crippen LogP) is 10.6. The van der Waals surface area contributed by atoms with Gasteiger partial charge in [0.1, 0.15) is 23.1 Å². The molecule has 10 aromatic rings. The summed E-state index contributed by atoms with van der Waals surface area (Å²) in [5.74, 6) is 3.24. The largest absolute Gasteiger partial charge is 0.457 e. The molecule has 4 aromatic heterocycles. The number of benzene rings is 6. The summed E-state index contributed by atoms with van der Waals surface area (Å²) in [5.41, 5.74) is 8.61. The molecule has 0 saturated heterocycles. The van der Waals surface area contributed by atoms with Crippen LogP contribution in [0.25, 0.3) is 77.5 Å². The van der Waals surface area contributed by atoms with Gasteiger partial charge in [0, 0.05) is 52.1 Å². The van der Waals surface area contributed by atoms with Crippen molar-refractivity contribution < 1.29 is 4.74 Å². The van der Waals surface area contributed by atoms with Gasteiger partial charge in [-0.2, -0.15) is 0 Å². The Labute approximate surface area is 281 Å². The summed E-state index contributed by atoms with van der Waals surface area (Å²) in [6.07, 6.45) is 1.85. The first-order chi connectivity index (χ1) is 24.2. The Kier molecular flexibility index (Phi) is 5.99. The number of fused-ring (bicyclic) bond motifs is 8. The highest BCUT2D eigenvalue weighted by molar-refractivity contribution is 6.23. The average molecular weight is 632 g/mol. The van der Waals surface area contributed by atoms with E-state index < -0.39 is 0 Å². The minimum atomic E-state index is 0.745. The van der Waals surface area contributed by atoms with Crippen LogP contribution < -0.4 is 4.74 Å². The fraction of sp³-hybridized carbons (Fsp3) is 0.0233. The number of aromatic nitrogens is 5. The van der Waals surface area contributed by atoms with Crippen molar-refractivity contribution in [2.45, 2.75) is 0 Å². The van der Waals surface area contributed by atoms with Crippen LogP contribution in [-0.2, 0) is 7.05 Å². The van der Waals surface area contributed by atoms with Crippen LogP contribution in [0.15, 0.2) is 158 Å². The molecule has 0 aliphatic heterocycles. The standard InChI is InChI=1S/C43H29N5O/c1-46-38-19-8-6-17-36(38)45-43(46)28-12-11-15-30(26-28)49-31-21-22-33-35-24-23-34-32-16-5-7-18-37(32)47(29-13-3-2-4-14-29)41(34)42(35)48(39(33)27-31)40-20-9-10-25-44-40/h2-27H,1H3. The molecule has 6 nitrogen and oxygen atoms in total. The summed E-state index contributed by atoms with van der Waals surface area (Å²) < 4.78 is 13.4. The van der Waals surface area contributed by atoms with Gasteiger partial charge in [0.05, 0.1) is 33.1 Å². The van der Waals surface area contributed by atoms with Gasteiger partial charge in [-0.25, -0.2) is 9.97 Å². The molecule has 6 heteroatoms. The molecule has 0 fully saturated rings. The molecular formula is C43H29N5O. The molecule has 0 aliphatic rings. The number of pyridine rings is 1. The van der Waals surface area contributed by atoms with Gasteiger partial charge in [0.15, 0.2) is 0 Å². The van der Waals surface area contributed by atoms with E-state index in [0.29, 0.717) is 0 Å². The van der Waals surface area contributed by atoms with Gasteiger partial charge in [0.25, 0.3) is 0 Å². The monoisotopic (exact) mass is 631 g/mol. The van der Waals surface area contributed by atoms with Gasteiger partial charge in [0.2, 0.25) is 0 Å². The fourth-order valence-corrected chi connectivity index (χ4v) is 7.40. The molecule has 0 saturated carbocycles. The number of nitrogens with zero attached hydrogens (tertiary/aromatic N) is 5. The van der Waals surface area contributed by atoms with E-state index >= 15 is 0 Å². The Morgan fingerprint density at radius 3 is 2.02 bits per heavy atom. The Morgan fingerprint density at radius 1 is 0.510 bits per heavy atom. The van der Waals surface area contributed by atoms with E-state index in [4.69, 9.17) is 14.7 Å². The van der Waals surface area contributed by atoms with Gasteiger partial charge in [-0.15, -0.1) is 0 Å². The lowest BCUT2D eigenvalue weighted by Gasteiger charge is -2.12. The first-order valence-corrected chi connectivity index (χ1v) is 16.4. The van der Waals surface area contributed by atoms with E-state index in [-0.39, 0.29) is 0 Å². The second kappa shape index (κ2) is 10.7. The molecule has 232 valence electrons. The molecule has 0 radical (unpaired) electrons. The van der Waals surface area contributed by atoms with Gasteiger partial charge >= 0.3 is 0 Å². The Balaban J connectivity index is 1.20. The zero-order chi connectivity index (χ0) is 32.5. The number of aryl methyl sites for hydroxylation is 1. The molecule has 0 aliphatic carbocycles. The van der Waals surface area contributed by atoms with Gasteiger partial charge in [-0.3, -0.25) is 4.57 Å². The van der Waals surface area contributed by atoms with E-state index in [1.807, 2.05) is 48.7 Å². The Hall–Kier alpha value is -6.66. The molecule has 0 atom stereocenters. The SMILES string of the molecule is Cn1c(-c2cccc(Oc3ccc4c5ccc6c7ccccc7n(-c7ccccc7)c6c5n(-c5ccccn5)c4c3)c2)nc2ccccc21. The normalized spacial score (nSPS) is 11.8. The van der Waals surface area contributed by atoms with E-state index in [9.17, 15) is 0 Å². The maximum atomic E-state index is 6.60. The molecule has 0 bridgehead atoms. The third-order valence-corrected chi connectivity index (χ3v) is 9.54. The topological polar surface area (TPSA) is 49.8 Å². The number of hydrogen-bond donors (Lipinski definition) is 0. The first kappa shape index (κ1) is 27.5. The Bertz CT molecular complexity index is 2860. The smallest absolute Gasteiger partial charge is 0.140 e. The van der Waals surface area contributed by atoms with Crippen LogP contribution in [0.5, 0.6) is 11.5 Å². The molecule has 6 aromatic carbocycles. The van der Waals surface area contributed by atoms with E-state index in [1.165, 1.54) is 16.3 Å². The van der Waals surface area contributed by atoms with Gasteiger partial charge < -0.3 is 13.9 Å². The summed E-state index contributed by atoms with van der Waals surface area (Å²) in [7, 11) is 2.05. The van der Waals surface area contributed by atoms with Crippen LogP contribution in [0.4, 0.5) is 0 Å². The summed E-state index contributed by atoms with van der Waals surface area (Å²) in [6, 6.07) is 52.5. The summed E-state index contributed by atoms with van der Waals surface area (Å²) in [4.78, 5) is 9.78. The minimum absolute atomic E-state index is 0.745.